The van der Waals surface area contributed by atoms with Gasteiger partial charge in [0.05, 0.1) is 17.3 Å². The number of thiophene rings is 1. The van der Waals surface area contributed by atoms with E-state index >= 15 is 0 Å². The Kier molecular flexibility index (Phi) is 10.5. The number of unbranched alkanes of at least 4 members (excludes halogenated alkanes) is 1. The Labute approximate surface area is 205 Å². The second-order valence-corrected chi connectivity index (χ2v) is 8.55. The first-order chi connectivity index (χ1) is 16.3. The smallest absolute Gasteiger partial charge is 0.265 e. The Morgan fingerprint density at radius 1 is 1.24 bits per heavy atom. The predicted octanol–water partition coefficient (Wildman–Crippen LogP) is 4.89. The summed E-state index contributed by atoms with van der Waals surface area (Å²) in [5, 5.41) is 14.9. The molecular weight excluding hydrogens is 446 g/mol. The van der Waals surface area contributed by atoms with Crippen LogP contribution in [0.1, 0.15) is 50.8 Å². The lowest BCUT2D eigenvalue weighted by molar-refractivity contribution is -0.118. The molecule has 0 saturated carbocycles. The molecule has 0 bridgehead atoms. The van der Waals surface area contributed by atoms with Crippen LogP contribution in [0.3, 0.4) is 0 Å². The first-order valence-electron chi connectivity index (χ1n) is 11.2. The van der Waals surface area contributed by atoms with Crippen molar-refractivity contribution < 1.29 is 14.7 Å². The molecule has 0 aliphatic carbocycles. The number of primary amides is 1. The molecule has 1 aromatic heterocycles. The molecule has 1 unspecified atom stereocenters. The monoisotopic (exact) mass is 479 g/mol. The maximum absolute atomic E-state index is 12.9. The molecule has 6 nitrogen and oxygen atoms in total. The van der Waals surface area contributed by atoms with E-state index in [1.165, 1.54) is 11.3 Å². The molecule has 0 spiro atoms. The second-order valence-electron chi connectivity index (χ2n) is 7.77. The third-order valence-electron chi connectivity index (χ3n) is 5.29. The summed E-state index contributed by atoms with van der Waals surface area (Å²) < 4.78 is 0. The fourth-order valence-corrected chi connectivity index (χ4v) is 4.02. The zero-order chi connectivity index (χ0) is 25.1. The number of carbonyl (C=O) groups is 2. The van der Waals surface area contributed by atoms with E-state index < -0.39 is 5.91 Å². The van der Waals surface area contributed by atoms with Gasteiger partial charge in [0.1, 0.15) is 5.70 Å². The Bertz CT molecular complexity index is 1070. The Morgan fingerprint density at radius 3 is 2.47 bits per heavy atom. The normalized spacial score (nSPS) is 14.4. The number of nitrogens with zero attached hydrogens (tertiary/aromatic N) is 1. The van der Waals surface area contributed by atoms with Gasteiger partial charge in [-0.2, -0.15) is 11.3 Å². The van der Waals surface area contributed by atoms with Crippen molar-refractivity contribution in [2.24, 2.45) is 5.73 Å². The van der Waals surface area contributed by atoms with Crippen LogP contribution in [0.4, 0.5) is 0 Å². The van der Waals surface area contributed by atoms with Crippen molar-refractivity contribution in [1.29, 1.82) is 0 Å². The van der Waals surface area contributed by atoms with Crippen molar-refractivity contribution in [3.63, 3.8) is 0 Å². The van der Waals surface area contributed by atoms with Gasteiger partial charge in [-0.15, -0.1) is 0 Å². The minimum atomic E-state index is -0.584. The van der Waals surface area contributed by atoms with Gasteiger partial charge in [-0.25, -0.2) is 0 Å². The number of hydrogen-bond acceptors (Lipinski definition) is 5. The number of rotatable bonds is 8. The number of amides is 2. The van der Waals surface area contributed by atoms with Crippen molar-refractivity contribution in [1.82, 2.24) is 10.2 Å². The fraction of sp³-hybridized carbons (Fsp3) is 0.259. The van der Waals surface area contributed by atoms with E-state index in [0.717, 1.165) is 29.5 Å². The van der Waals surface area contributed by atoms with Gasteiger partial charge in [0, 0.05) is 12.8 Å². The summed E-state index contributed by atoms with van der Waals surface area (Å²) in [6, 6.07) is 11.5. The highest BCUT2D eigenvalue weighted by atomic mass is 32.1. The number of aliphatic hydroxyl groups is 1. The molecule has 0 fully saturated rings. The molecule has 1 aromatic carbocycles. The van der Waals surface area contributed by atoms with E-state index in [4.69, 9.17) is 10.8 Å². The number of carbonyl (C=O) groups excluding carboxylic acids is 2. The van der Waals surface area contributed by atoms with Crippen LogP contribution in [0.5, 0.6) is 0 Å². The standard InChI is InChI=1S/C23H23N3O2S.C4H10O/c1-15(19-11-13-29-14-19)21(22(24)27)26-12-7-10-20(17(26)3)23(28)25-16(2)18-8-5-4-6-9-18;1-2-3-4-5/h4-14,16H,3H2,1-2H3,(H2,24,27)(H,25,28);5H,2-4H2,1H3/b21-15+;. The molecule has 3 rings (SSSR count). The summed E-state index contributed by atoms with van der Waals surface area (Å²) in [7, 11) is 0. The SMILES string of the molecule is C=C1C(C(=O)NC(C)c2ccccc2)=CC=CN1/C(C(N)=O)=C(\C)c1ccsc1.CCCCO. The van der Waals surface area contributed by atoms with Gasteiger partial charge < -0.3 is 21.1 Å². The van der Waals surface area contributed by atoms with Gasteiger partial charge in [0.15, 0.2) is 0 Å². The van der Waals surface area contributed by atoms with E-state index in [1.54, 1.807) is 23.3 Å². The first kappa shape index (κ1) is 26.8. The van der Waals surface area contributed by atoms with E-state index in [-0.39, 0.29) is 11.9 Å². The Morgan fingerprint density at radius 2 is 1.94 bits per heavy atom. The molecule has 180 valence electrons. The van der Waals surface area contributed by atoms with E-state index in [0.29, 0.717) is 23.6 Å². The highest BCUT2D eigenvalue weighted by molar-refractivity contribution is 7.08. The summed E-state index contributed by atoms with van der Waals surface area (Å²) in [5.74, 6) is -0.850. The molecular formula is C27H33N3O3S. The van der Waals surface area contributed by atoms with Gasteiger partial charge in [-0.3, -0.25) is 9.59 Å². The zero-order valence-electron chi connectivity index (χ0n) is 20.0. The predicted molar refractivity (Wildman–Crippen MR) is 139 cm³/mol. The third-order valence-corrected chi connectivity index (χ3v) is 5.97. The molecule has 2 amide bonds. The van der Waals surface area contributed by atoms with Crippen molar-refractivity contribution >= 4 is 28.7 Å². The molecule has 7 heteroatoms. The zero-order valence-corrected chi connectivity index (χ0v) is 20.8. The summed E-state index contributed by atoms with van der Waals surface area (Å²) in [4.78, 5) is 26.7. The van der Waals surface area contributed by atoms with E-state index in [9.17, 15) is 9.59 Å². The number of aliphatic hydroxyl groups excluding tert-OH is 1. The highest BCUT2D eigenvalue weighted by Crippen LogP contribution is 2.30. The minimum Gasteiger partial charge on any atom is -0.396 e. The Balaban J connectivity index is 0.000000739. The topological polar surface area (TPSA) is 95.7 Å². The molecule has 4 N–H and O–H groups in total. The lowest BCUT2D eigenvalue weighted by Gasteiger charge is -2.29. The number of hydrogen-bond donors (Lipinski definition) is 3. The van der Waals surface area contributed by atoms with Crippen LogP contribution in [-0.4, -0.2) is 28.4 Å². The number of nitrogens with two attached hydrogens (primary N) is 1. The van der Waals surface area contributed by atoms with Gasteiger partial charge >= 0.3 is 0 Å². The molecule has 0 saturated heterocycles. The minimum absolute atomic E-state index is 0.171. The second kappa shape index (κ2) is 13.3. The summed E-state index contributed by atoms with van der Waals surface area (Å²) in [5.41, 5.74) is 9.39. The largest absolute Gasteiger partial charge is 0.396 e. The van der Waals surface area contributed by atoms with Crippen LogP contribution in [-0.2, 0) is 9.59 Å². The summed E-state index contributed by atoms with van der Waals surface area (Å²) in [6.07, 6.45) is 7.12. The van der Waals surface area contributed by atoms with Gasteiger partial charge in [-0.05, 0) is 65.9 Å². The molecule has 0 radical (unpaired) electrons. The van der Waals surface area contributed by atoms with Gasteiger partial charge in [-0.1, -0.05) is 50.3 Å². The molecule has 1 aliphatic rings. The van der Waals surface area contributed by atoms with Crippen molar-refractivity contribution in [2.75, 3.05) is 6.61 Å². The van der Waals surface area contributed by atoms with Crippen molar-refractivity contribution in [3.05, 3.63) is 100 Å². The summed E-state index contributed by atoms with van der Waals surface area (Å²) >= 11 is 1.53. The van der Waals surface area contributed by atoms with Crippen molar-refractivity contribution in [2.45, 2.75) is 39.7 Å². The molecule has 1 aliphatic heterocycles. The number of allylic oxidation sites excluding steroid dienone is 3. The van der Waals surface area contributed by atoms with Crippen LogP contribution in [0, 0.1) is 0 Å². The third kappa shape index (κ3) is 7.04. The lowest BCUT2D eigenvalue weighted by Crippen LogP contribution is -2.35. The van der Waals surface area contributed by atoms with E-state index in [2.05, 4.69) is 18.8 Å². The average Bonchev–Trinajstić information content (AvgIpc) is 3.36. The molecule has 34 heavy (non-hydrogen) atoms. The van der Waals surface area contributed by atoms with E-state index in [1.807, 2.05) is 61.0 Å². The Hall–Kier alpha value is -3.42. The number of benzene rings is 1. The molecule has 1 atom stereocenters. The van der Waals surface area contributed by atoms with Crippen LogP contribution < -0.4 is 11.1 Å². The quantitative estimate of drug-likeness (QED) is 0.470. The lowest BCUT2D eigenvalue weighted by atomic mass is 10.0. The molecule has 2 heterocycles. The van der Waals surface area contributed by atoms with Crippen LogP contribution in [0.15, 0.2) is 89.1 Å². The first-order valence-corrected chi connectivity index (χ1v) is 12.1. The van der Waals surface area contributed by atoms with Crippen LogP contribution >= 0.6 is 11.3 Å². The van der Waals surface area contributed by atoms with Crippen LogP contribution in [0.2, 0.25) is 0 Å². The highest BCUT2D eigenvalue weighted by Gasteiger charge is 2.26. The molecule has 2 aromatic rings. The van der Waals surface area contributed by atoms with Gasteiger partial charge in [0.25, 0.3) is 11.8 Å². The van der Waals surface area contributed by atoms with Gasteiger partial charge in [0.2, 0.25) is 0 Å². The fourth-order valence-electron chi connectivity index (χ4n) is 3.31. The van der Waals surface area contributed by atoms with Crippen molar-refractivity contribution in [3.8, 4) is 0 Å². The van der Waals surface area contributed by atoms with Crippen LogP contribution in [0.25, 0.3) is 5.57 Å². The maximum atomic E-state index is 12.9. The maximum Gasteiger partial charge on any atom is 0.265 e. The average molecular weight is 480 g/mol. The number of nitrogens with one attached hydrogen (secondary N) is 1. The summed E-state index contributed by atoms with van der Waals surface area (Å²) in [6.45, 7) is 10.2.